The number of rotatable bonds is 7. The zero-order chi connectivity index (χ0) is 19.9. The van der Waals surface area contributed by atoms with E-state index in [1.807, 2.05) is 60.1 Å². The van der Waals surface area contributed by atoms with Crippen molar-refractivity contribution in [3.63, 3.8) is 0 Å². The Balaban J connectivity index is 1.61. The van der Waals surface area contributed by atoms with E-state index >= 15 is 0 Å². The van der Waals surface area contributed by atoms with Gasteiger partial charge in [0.15, 0.2) is 0 Å². The summed E-state index contributed by atoms with van der Waals surface area (Å²) >= 11 is 0. The second-order valence-electron chi connectivity index (χ2n) is 6.41. The monoisotopic (exact) mass is 378 g/mol. The average molecular weight is 378 g/mol. The van der Waals surface area contributed by atoms with E-state index in [2.05, 4.69) is 10.3 Å². The number of imidazole rings is 1. The molecule has 2 aromatic carbocycles. The van der Waals surface area contributed by atoms with E-state index in [-0.39, 0.29) is 5.91 Å². The van der Waals surface area contributed by atoms with Crippen LogP contribution in [-0.4, -0.2) is 33.1 Å². The van der Waals surface area contributed by atoms with Gasteiger partial charge in [-0.1, -0.05) is 36.4 Å². The lowest BCUT2D eigenvalue weighted by Crippen LogP contribution is -2.27. The Morgan fingerprint density at radius 1 is 1.18 bits per heavy atom. The Kier molecular flexibility index (Phi) is 6.18. The number of carbonyl (C=O) groups excluding carboxylic acids is 2. The Bertz CT molecular complexity index is 1010. The summed E-state index contributed by atoms with van der Waals surface area (Å²) in [6.07, 6.45) is 3.82. The highest BCUT2D eigenvalue weighted by Crippen LogP contribution is 2.18. The Morgan fingerprint density at radius 3 is 2.71 bits per heavy atom. The van der Waals surface area contributed by atoms with Crippen LogP contribution in [0.1, 0.15) is 17.0 Å². The number of aryl methyl sites for hydroxylation is 1. The molecule has 0 saturated carbocycles. The van der Waals surface area contributed by atoms with Gasteiger partial charge in [0.2, 0.25) is 5.91 Å². The molecule has 7 heteroatoms. The van der Waals surface area contributed by atoms with Crippen molar-refractivity contribution in [2.75, 3.05) is 6.54 Å². The van der Waals surface area contributed by atoms with Gasteiger partial charge in [0.05, 0.1) is 17.5 Å². The number of benzene rings is 2. The number of nitrogens with zero attached hydrogens (tertiary/aromatic N) is 2. The normalized spacial score (nSPS) is 11.1. The Morgan fingerprint density at radius 2 is 1.96 bits per heavy atom. The van der Waals surface area contributed by atoms with Crippen LogP contribution in [0.3, 0.4) is 0 Å². The van der Waals surface area contributed by atoms with Crippen molar-refractivity contribution in [2.45, 2.75) is 12.8 Å². The van der Waals surface area contributed by atoms with Gasteiger partial charge in [-0.05, 0) is 29.3 Å². The molecule has 0 unspecified atom stereocenters. The van der Waals surface area contributed by atoms with Crippen LogP contribution in [0.2, 0.25) is 0 Å². The van der Waals surface area contributed by atoms with E-state index in [9.17, 15) is 9.59 Å². The fraction of sp³-hybridized carbons (Fsp3) is 0.190. The topological polar surface area (TPSA) is 96.2 Å². The maximum absolute atomic E-state index is 12.1. The standard InChI is InChI=1S/C21H22N4O3/c1-25-18-9-7-16(8-10-20(26)24-28)13-17(18)23-19(25)11-12-22-21(27)14-15-5-3-2-4-6-15/h2-10,13,28H,11-12,14H2,1H3,(H,22,27)(H,24,26). The predicted octanol–water partition coefficient (Wildman–Crippen LogP) is 1.99. The quantitative estimate of drug-likeness (QED) is 0.333. The van der Waals surface area contributed by atoms with E-state index in [4.69, 9.17) is 5.21 Å². The van der Waals surface area contributed by atoms with Gasteiger partial charge in [-0.15, -0.1) is 0 Å². The van der Waals surface area contributed by atoms with E-state index < -0.39 is 5.91 Å². The first-order valence-corrected chi connectivity index (χ1v) is 8.95. The summed E-state index contributed by atoms with van der Waals surface area (Å²) < 4.78 is 1.99. The Labute approximate surface area is 162 Å². The number of nitrogens with one attached hydrogen (secondary N) is 2. The molecule has 0 aliphatic carbocycles. The number of carbonyl (C=O) groups is 2. The van der Waals surface area contributed by atoms with Crippen LogP contribution >= 0.6 is 0 Å². The summed E-state index contributed by atoms with van der Waals surface area (Å²) in [5, 5.41) is 11.5. The summed E-state index contributed by atoms with van der Waals surface area (Å²) in [5.74, 6) is 0.261. The highest BCUT2D eigenvalue weighted by molar-refractivity contribution is 5.91. The molecule has 0 aliphatic heterocycles. The first kappa shape index (κ1) is 19.3. The van der Waals surface area contributed by atoms with Crippen LogP contribution < -0.4 is 10.8 Å². The van der Waals surface area contributed by atoms with Crippen LogP contribution in [0, 0.1) is 0 Å². The van der Waals surface area contributed by atoms with Gasteiger partial charge in [-0.25, -0.2) is 10.5 Å². The molecule has 0 saturated heterocycles. The minimum atomic E-state index is -0.590. The van der Waals surface area contributed by atoms with Crippen LogP contribution in [0.25, 0.3) is 17.1 Å². The third-order valence-corrected chi connectivity index (χ3v) is 4.41. The molecular formula is C21H22N4O3. The number of amides is 2. The molecule has 144 valence electrons. The third kappa shape index (κ3) is 4.83. The highest BCUT2D eigenvalue weighted by atomic mass is 16.5. The average Bonchev–Trinajstić information content (AvgIpc) is 3.02. The number of hydrogen-bond acceptors (Lipinski definition) is 4. The van der Waals surface area contributed by atoms with Gasteiger partial charge in [0.25, 0.3) is 5.91 Å². The first-order valence-electron chi connectivity index (χ1n) is 8.95. The summed E-state index contributed by atoms with van der Waals surface area (Å²) in [5.41, 5.74) is 5.11. The molecule has 0 bridgehead atoms. The van der Waals surface area contributed by atoms with Crippen molar-refractivity contribution >= 4 is 28.9 Å². The zero-order valence-corrected chi connectivity index (χ0v) is 15.6. The highest BCUT2D eigenvalue weighted by Gasteiger charge is 2.09. The number of hydrogen-bond donors (Lipinski definition) is 3. The van der Waals surface area contributed by atoms with Crippen molar-refractivity contribution in [3.8, 4) is 0 Å². The SMILES string of the molecule is Cn1c(CCNC(=O)Cc2ccccc2)nc2cc(C=CC(=O)NO)ccc21. The molecular weight excluding hydrogens is 356 g/mol. The van der Waals surface area contributed by atoms with Crippen molar-refractivity contribution in [1.29, 1.82) is 0 Å². The lowest BCUT2D eigenvalue weighted by Gasteiger charge is -2.06. The third-order valence-electron chi connectivity index (χ3n) is 4.41. The van der Waals surface area contributed by atoms with Crippen LogP contribution in [0.4, 0.5) is 0 Å². The maximum Gasteiger partial charge on any atom is 0.267 e. The maximum atomic E-state index is 12.1. The molecule has 1 heterocycles. The molecule has 2 amide bonds. The number of fused-ring (bicyclic) bond motifs is 1. The molecule has 0 spiro atoms. The van der Waals surface area contributed by atoms with Crippen molar-refractivity contribution < 1.29 is 14.8 Å². The molecule has 3 N–H and O–H groups in total. The van der Waals surface area contributed by atoms with Crippen molar-refractivity contribution in [2.24, 2.45) is 7.05 Å². The van der Waals surface area contributed by atoms with Gasteiger partial charge in [0.1, 0.15) is 5.82 Å². The molecule has 3 aromatic rings. The molecule has 0 aliphatic rings. The van der Waals surface area contributed by atoms with E-state index in [1.165, 1.54) is 6.08 Å². The molecule has 0 atom stereocenters. The van der Waals surface area contributed by atoms with Crippen LogP contribution in [-0.2, 0) is 29.5 Å². The summed E-state index contributed by atoms with van der Waals surface area (Å²) in [6.45, 7) is 0.506. The van der Waals surface area contributed by atoms with Crippen LogP contribution in [0.15, 0.2) is 54.6 Å². The fourth-order valence-electron chi connectivity index (χ4n) is 2.96. The zero-order valence-electron chi connectivity index (χ0n) is 15.6. The van der Waals surface area contributed by atoms with Gasteiger partial charge >= 0.3 is 0 Å². The summed E-state index contributed by atoms with van der Waals surface area (Å²) in [4.78, 5) is 27.8. The summed E-state index contributed by atoms with van der Waals surface area (Å²) in [6, 6.07) is 15.3. The fourth-order valence-corrected chi connectivity index (χ4v) is 2.96. The number of aromatic nitrogens is 2. The second-order valence-corrected chi connectivity index (χ2v) is 6.41. The van der Waals surface area contributed by atoms with Gasteiger partial charge in [-0.2, -0.15) is 0 Å². The van der Waals surface area contributed by atoms with E-state index in [0.717, 1.165) is 28.0 Å². The van der Waals surface area contributed by atoms with Crippen LogP contribution in [0.5, 0.6) is 0 Å². The second kappa shape index (κ2) is 8.96. The largest absolute Gasteiger partial charge is 0.355 e. The lowest BCUT2D eigenvalue weighted by atomic mass is 10.1. The van der Waals surface area contributed by atoms with E-state index in [0.29, 0.717) is 19.4 Å². The van der Waals surface area contributed by atoms with Gasteiger partial charge in [0, 0.05) is 26.1 Å². The lowest BCUT2D eigenvalue weighted by molar-refractivity contribution is -0.124. The van der Waals surface area contributed by atoms with Gasteiger partial charge in [-0.3, -0.25) is 14.8 Å². The predicted molar refractivity (Wildman–Crippen MR) is 107 cm³/mol. The molecule has 7 nitrogen and oxygen atoms in total. The first-order chi connectivity index (χ1) is 13.6. The number of hydroxylamine groups is 1. The molecule has 0 fully saturated rings. The smallest absolute Gasteiger partial charge is 0.267 e. The molecule has 1 aromatic heterocycles. The minimum absolute atomic E-state index is 0.0143. The van der Waals surface area contributed by atoms with Gasteiger partial charge < -0.3 is 9.88 Å². The van der Waals surface area contributed by atoms with E-state index in [1.54, 1.807) is 11.6 Å². The van der Waals surface area contributed by atoms with Crippen molar-refractivity contribution in [3.05, 3.63) is 71.6 Å². The molecule has 0 radical (unpaired) electrons. The molecule has 3 rings (SSSR count). The Hall–Kier alpha value is -3.45. The molecule has 28 heavy (non-hydrogen) atoms. The summed E-state index contributed by atoms with van der Waals surface area (Å²) in [7, 11) is 1.94. The van der Waals surface area contributed by atoms with Crippen molar-refractivity contribution in [1.82, 2.24) is 20.3 Å². The minimum Gasteiger partial charge on any atom is -0.355 e.